The van der Waals surface area contributed by atoms with Crippen molar-refractivity contribution in [2.24, 2.45) is 0 Å². The lowest BCUT2D eigenvalue weighted by atomic mass is 10.2. The number of hydrogen-bond acceptors (Lipinski definition) is 4. The highest BCUT2D eigenvalue weighted by molar-refractivity contribution is 7.13. The van der Waals surface area contributed by atoms with Gasteiger partial charge in [0.15, 0.2) is 0 Å². The van der Waals surface area contributed by atoms with Crippen molar-refractivity contribution in [3.05, 3.63) is 34.9 Å². The minimum absolute atomic E-state index is 0.510. The summed E-state index contributed by atoms with van der Waals surface area (Å²) < 4.78 is 5.90. The Hall–Kier alpha value is -1.10. The van der Waals surface area contributed by atoms with Crippen LogP contribution in [0.3, 0.4) is 0 Å². The molecule has 1 fully saturated rings. The van der Waals surface area contributed by atoms with Gasteiger partial charge in [-0.05, 0) is 43.9 Å². The van der Waals surface area contributed by atoms with Gasteiger partial charge in [0.05, 0.1) is 6.20 Å². The van der Waals surface area contributed by atoms with Crippen molar-refractivity contribution in [1.29, 1.82) is 0 Å². The minimum atomic E-state index is 0.510. The Morgan fingerprint density at radius 1 is 1.55 bits per heavy atom. The summed E-state index contributed by atoms with van der Waals surface area (Å²) >= 11 is 7.82. The minimum Gasteiger partial charge on any atom is -0.490 e. The fraction of sp³-hybridized carbons (Fsp3) is 0.400. The van der Waals surface area contributed by atoms with Gasteiger partial charge in [-0.15, -0.1) is 11.3 Å². The van der Waals surface area contributed by atoms with Crippen LogP contribution in [0.15, 0.2) is 29.8 Å². The van der Waals surface area contributed by atoms with E-state index in [9.17, 15) is 0 Å². The lowest BCUT2D eigenvalue weighted by Crippen LogP contribution is -2.30. The van der Waals surface area contributed by atoms with E-state index in [-0.39, 0.29) is 0 Å². The van der Waals surface area contributed by atoms with E-state index in [2.05, 4.69) is 16.9 Å². The summed E-state index contributed by atoms with van der Waals surface area (Å²) in [7, 11) is 2.15. The average molecular weight is 309 g/mol. The molecule has 0 radical (unpaired) electrons. The molecule has 3 heterocycles. The van der Waals surface area contributed by atoms with E-state index in [1.807, 2.05) is 23.6 Å². The molecule has 1 atom stereocenters. The van der Waals surface area contributed by atoms with Crippen molar-refractivity contribution in [2.45, 2.75) is 18.9 Å². The van der Waals surface area contributed by atoms with E-state index < -0.39 is 0 Å². The number of hydrogen-bond donors (Lipinski definition) is 0. The molecular formula is C15H17ClN2OS. The normalized spacial score (nSPS) is 19.4. The molecule has 0 saturated carbocycles. The van der Waals surface area contributed by atoms with E-state index in [0.717, 1.165) is 22.7 Å². The largest absolute Gasteiger partial charge is 0.490 e. The Morgan fingerprint density at radius 2 is 2.45 bits per heavy atom. The van der Waals surface area contributed by atoms with Crippen molar-refractivity contribution < 1.29 is 4.74 Å². The van der Waals surface area contributed by atoms with Gasteiger partial charge in [-0.3, -0.25) is 0 Å². The van der Waals surface area contributed by atoms with Gasteiger partial charge in [0.1, 0.15) is 17.5 Å². The van der Waals surface area contributed by atoms with Crippen molar-refractivity contribution in [3.63, 3.8) is 0 Å². The van der Waals surface area contributed by atoms with Crippen LogP contribution >= 0.6 is 22.9 Å². The maximum Gasteiger partial charge on any atom is 0.138 e. The molecule has 2 aromatic heterocycles. The topological polar surface area (TPSA) is 25.4 Å². The number of halogens is 1. The molecule has 5 heteroatoms. The zero-order valence-corrected chi connectivity index (χ0v) is 13.0. The number of thiophene rings is 1. The van der Waals surface area contributed by atoms with Gasteiger partial charge >= 0.3 is 0 Å². The van der Waals surface area contributed by atoms with E-state index in [4.69, 9.17) is 16.3 Å². The molecule has 0 bridgehead atoms. The van der Waals surface area contributed by atoms with Gasteiger partial charge in [0.25, 0.3) is 0 Å². The van der Waals surface area contributed by atoms with Gasteiger partial charge in [0, 0.05) is 16.5 Å². The summed E-state index contributed by atoms with van der Waals surface area (Å²) in [5.41, 5.74) is 0.943. The standard InChI is InChI=1S/C15H17ClN2OS/c1-18-6-2-4-11(18)10-19-12-8-13(15(16)17-9-12)14-5-3-7-20-14/h3,5,7-9,11H,2,4,6,10H2,1H3/t11-/m0/s1. The number of likely N-dealkylation sites (N-methyl/N-ethyl adjacent to an activating group) is 1. The number of nitrogens with zero attached hydrogens (tertiary/aromatic N) is 2. The summed E-state index contributed by atoms with van der Waals surface area (Å²) in [6.07, 6.45) is 4.16. The zero-order chi connectivity index (χ0) is 13.9. The number of rotatable bonds is 4. The Bertz CT molecular complexity index is 573. The van der Waals surface area contributed by atoms with Crippen LogP contribution in [-0.2, 0) is 0 Å². The monoisotopic (exact) mass is 308 g/mol. The third kappa shape index (κ3) is 2.97. The molecule has 106 valence electrons. The lowest BCUT2D eigenvalue weighted by molar-refractivity contribution is 0.198. The fourth-order valence-electron chi connectivity index (χ4n) is 2.49. The van der Waals surface area contributed by atoms with Crippen LogP contribution < -0.4 is 4.74 Å². The van der Waals surface area contributed by atoms with Crippen LogP contribution in [0.5, 0.6) is 5.75 Å². The predicted octanol–water partition coefficient (Wildman–Crippen LogP) is 3.94. The molecular weight excluding hydrogens is 292 g/mol. The molecule has 2 aromatic rings. The summed E-state index contributed by atoms with van der Waals surface area (Å²) in [6.45, 7) is 1.87. The number of likely N-dealkylation sites (tertiary alicyclic amines) is 1. The molecule has 3 nitrogen and oxygen atoms in total. The molecule has 20 heavy (non-hydrogen) atoms. The summed E-state index contributed by atoms with van der Waals surface area (Å²) in [4.78, 5) is 7.70. The van der Waals surface area contributed by atoms with Crippen molar-refractivity contribution >= 4 is 22.9 Å². The Balaban J connectivity index is 1.73. The molecule has 1 aliphatic heterocycles. The Labute approximate surface area is 128 Å². The second-order valence-corrected chi connectivity index (χ2v) is 6.38. The zero-order valence-electron chi connectivity index (χ0n) is 11.4. The van der Waals surface area contributed by atoms with Gasteiger partial charge < -0.3 is 9.64 Å². The molecule has 0 unspecified atom stereocenters. The van der Waals surface area contributed by atoms with Gasteiger partial charge in [-0.25, -0.2) is 4.98 Å². The third-order valence-electron chi connectivity index (χ3n) is 3.71. The lowest BCUT2D eigenvalue weighted by Gasteiger charge is -2.19. The number of ether oxygens (including phenoxy) is 1. The molecule has 1 aliphatic rings. The first-order valence-corrected chi connectivity index (χ1v) is 8.02. The van der Waals surface area contributed by atoms with Crippen LogP contribution in [0.2, 0.25) is 5.15 Å². The van der Waals surface area contributed by atoms with E-state index in [0.29, 0.717) is 17.8 Å². The third-order valence-corrected chi connectivity index (χ3v) is 4.92. The van der Waals surface area contributed by atoms with Crippen LogP contribution in [-0.4, -0.2) is 36.1 Å². The smallest absolute Gasteiger partial charge is 0.138 e. The molecule has 0 spiro atoms. The predicted molar refractivity (Wildman–Crippen MR) is 83.7 cm³/mol. The van der Waals surface area contributed by atoms with E-state index in [1.165, 1.54) is 12.8 Å². The Morgan fingerprint density at radius 3 is 3.15 bits per heavy atom. The summed E-state index contributed by atoms with van der Waals surface area (Å²) in [5, 5.41) is 2.56. The molecule has 1 saturated heterocycles. The first-order valence-electron chi connectivity index (χ1n) is 6.76. The summed E-state index contributed by atoms with van der Waals surface area (Å²) in [6, 6.07) is 6.55. The first-order chi connectivity index (χ1) is 9.74. The molecule has 0 aliphatic carbocycles. The van der Waals surface area contributed by atoms with Crippen molar-refractivity contribution in [1.82, 2.24) is 9.88 Å². The number of aromatic nitrogens is 1. The SMILES string of the molecule is CN1CCC[C@H]1COc1cnc(Cl)c(-c2cccs2)c1. The highest BCUT2D eigenvalue weighted by Crippen LogP contribution is 2.32. The Kier molecular flexibility index (Phi) is 4.24. The molecule has 0 amide bonds. The van der Waals surface area contributed by atoms with Gasteiger partial charge in [0.2, 0.25) is 0 Å². The molecule has 3 rings (SSSR count). The number of pyridine rings is 1. The second kappa shape index (κ2) is 6.12. The highest BCUT2D eigenvalue weighted by Gasteiger charge is 2.21. The molecule has 0 N–H and O–H groups in total. The summed E-state index contributed by atoms with van der Waals surface area (Å²) in [5.74, 6) is 0.790. The van der Waals surface area contributed by atoms with Crippen molar-refractivity contribution in [3.8, 4) is 16.2 Å². The van der Waals surface area contributed by atoms with Crippen LogP contribution in [0, 0.1) is 0 Å². The van der Waals surface area contributed by atoms with Crippen LogP contribution in [0.4, 0.5) is 0 Å². The van der Waals surface area contributed by atoms with Crippen LogP contribution in [0.1, 0.15) is 12.8 Å². The second-order valence-electron chi connectivity index (χ2n) is 5.07. The maximum absolute atomic E-state index is 6.17. The van der Waals surface area contributed by atoms with E-state index in [1.54, 1.807) is 17.5 Å². The van der Waals surface area contributed by atoms with E-state index >= 15 is 0 Å². The average Bonchev–Trinajstić information content (AvgIpc) is 3.09. The van der Waals surface area contributed by atoms with Gasteiger partial charge in [-0.1, -0.05) is 17.7 Å². The molecule has 0 aromatic carbocycles. The quantitative estimate of drug-likeness (QED) is 0.800. The fourth-order valence-corrected chi connectivity index (χ4v) is 3.50. The van der Waals surface area contributed by atoms with Crippen molar-refractivity contribution in [2.75, 3.05) is 20.2 Å². The maximum atomic E-state index is 6.17. The highest BCUT2D eigenvalue weighted by atomic mass is 35.5. The first kappa shape index (κ1) is 13.9. The van der Waals surface area contributed by atoms with Crippen LogP contribution in [0.25, 0.3) is 10.4 Å². The van der Waals surface area contributed by atoms with Gasteiger partial charge in [-0.2, -0.15) is 0 Å².